The van der Waals surface area contributed by atoms with Crippen molar-refractivity contribution in [3.63, 3.8) is 0 Å². The summed E-state index contributed by atoms with van der Waals surface area (Å²) >= 11 is 0. The first-order chi connectivity index (χ1) is 11.8. The first kappa shape index (κ1) is 17.8. The minimum Gasteiger partial charge on any atom is -0.444 e. The summed E-state index contributed by atoms with van der Waals surface area (Å²) in [5, 5.41) is 8.92. The second-order valence-electron chi connectivity index (χ2n) is 8.10. The fourth-order valence-corrected chi connectivity index (χ4v) is 3.66. The van der Waals surface area contributed by atoms with Gasteiger partial charge in [-0.15, -0.1) is 0 Å². The zero-order valence-corrected chi connectivity index (χ0v) is 15.2. The molecular formula is C20H26N2O3. The second-order valence-corrected chi connectivity index (χ2v) is 8.10. The molecule has 2 fully saturated rings. The molecule has 0 bridgehead atoms. The molecule has 2 heterocycles. The third-order valence-corrected chi connectivity index (χ3v) is 5.05. The summed E-state index contributed by atoms with van der Waals surface area (Å²) in [7, 11) is 0. The number of hydrogen-bond donors (Lipinski definition) is 0. The largest absolute Gasteiger partial charge is 0.444 e. The van der Waals surface area contributed by atoms with E-state index in [0.29, 0.717) is 31.2 Å². The summed E-state index contributed by atoms with van der Waals surface area (Å²) in [5.41, 5.74) is 1.32. The standard InChI is InChI=1S/C20H26N2O3/c1-19(2,3)25-18(23)22-10-8-20(9-11-22)12-17(14-24-20)16-6-4-15(13-21)5-7-16/h4-7,17H,8-12,14H2,1-3H3. The predicted octanol–water partition coefficient (Wildman–Crippen LogP) is 3.83. The molecule has 5 nitrogen and oxygen atoms in total. The molecule has 0 saturated carbocycles. The number of piperidine rings is 1. The minimum atomic E-state index is -0.462. The van der Waals surface area contributed by atoms with Crippen LogP contribution in [0.4, 0.5) is 4.79 Å². The lowest BCUT2D eigenvalue weighted by Crippen LogP contribution is -2.47. The van der Waals surface area contributed by atoms with Crippen molar-refractivity contribution in [2.24, 2.45) is 0 Å². The monoisotopic (exact) mass is 342 g/mol. The Morgan fingerprint density at radius 2 is 1.92 bits per heavy atom. The number of rotatable bonds is 1. The molecule has 0 aromatic heterocycles. The Morgan fingerprint density at radius 1 is 1.28 bits per heavy atom. The van der Waals surface area contributed by atoms with Crippen LogP contribution in [-0.2, 0) is 9.47 Å². The van der Waals surface area contributed by atoms with Gasteiger partial charge in [0.1, 0.15) is 5.60 Å². The second kappa shape index (κ2) is 6.68. The van der Waals surface area contributed by atoms with Crippen LogP contribution in [0, 0.1) is 11.3 Å². The van der Waals surface area contributed by atoms with Gasteiger partial charge in [-0.1, -0.05) is 12.1 Å². The van der Waals surface area contributed by atoms with E-state index >= 15 is 0 Å². The van der Waals surface area contributed by atoms with Crippen LogP contribution in [0.25, 0.3) is 0 Å². The lowest BCUT2D eigenvalue weighted by molar-refractivity contribution is -0.0485. The molecule has 1 aromatic rings. The van der Waals surface area contributed by atoms with Crippen LogP contribution >= 0.6 is 0 Å². The quantitative estimate of drug-likeness (QED) is 0.778. The van der Waals surface area contributed by atoms with Crippen LogP contribution < -0.4 is 0 Å². The normalized spacial score (nSPS) is 22.6. The third kappa shape index (κ3) is 4.13. The molecule has 2 aliphatic rings. The number of nitrogens with zero attached hydrogens (tertiary/aromatic N) is 2. The number of likely N-dealkylation sites (tertiary alicyclic amines) is 1. The van der Waals surface area contributed by atoms with Gasteiger partial charge in [0.25, 0.3) is 0 Å². The van der Waals surface area contributed by atoms with Gasteiger partial charge in [0.05, 0.1) is 23.8 Å². The van der Waals surface area contributed by atoms with Crippen LogP contribution in [0.2, 0.25) is 0 Å². The Bertz CT molecular complexity index is 662. The maximum absolute atomic E-state index is 12.2. The lowest BCUT2D eigenvalue weighted by Gasteiger charge is -2.39. The zero-order valence-electron chi connectivity index (χ0n) is 15.2. The van der Waals surface area contributed by atoms with E-state index in [1.165, 1.54) is 5.56 Å². The first-order valence-electron chi connectivity index (χ1n) is 8.92. The van der Waals surface area contributed by atoms with Crippen molar-refractivity contribution in [2.75, 3.05) is 19.7 Å². The third-order valence-electron chi connectivity index (χ3n) is 5.05. The van der Waals surface area contributed by atoms with Crippen molar-refractivity contribution in [3.05, 3.63) is 35.4 Å². The highest BCUT2D eigenvalue weighted by Crippen LogP contribution is 2.42. The van der Waals surface area contributed by atoms with Gasteiger partial charge in [0.15, 0.2) is 0 Å². The lowest BCUT2D eigenvalue weighted by atomic mass is 9.83. The molecule has 25 heavy (non-hydrogen) atoms. The zero-order chi connectivity index (χ0) is 18.1. The molecule has 2 aliphatic heterocycles. The average Bonchev–Trinajstić information content (AvgIpc) is 2.98. The van der Waals surface area contributed by atoms with E-state index in [2.05, 4.69) is 6.07 Å². The van der Waals surface area contributed by atoms with Crippen LogP contribution in [0.1, 0.15) is 57.1 Å². The molecule has 3 rings (SSSR count). The van der Waals surface area contributed by atoms with Gasteiger partial charge in [0, 0.05) is 19.0 Å². The number of amides is 1. The van der Waals surface area contributed by atoms with E-state index < -0.39 is 5.60 Å². The summed E-state index contributed by atoms with van der Waals surface area (Å²) in [5.74, 6) is 0.362. The summed E-state index contributed by atoms with van der Waals surface area (Å²) in [4.78, 5) is 14.0. The van der Waals surface area contributed by atoms with Gasteiger partial charge in [0.2, 0.25) is 0 Å². The molecule has 1 aromatic carbocycles. The molecule has 1 unspecified atom stereocenters. The fourth-order valence-electron chi connectivity index (χ4n) is 3.66. The number of carbonyl (C=O) groups excluding carboxylic acids is 1. The molecule has 2 saturated heterocycles. The Balaban J connectivity index is 1.57. The van der Waals surface area contributed by atoms with Crippen LogP contribution in [0.15, 0.2) is 24.3 Å². The van der Waals surface area contributed by atoms with Crippen molar-refractivity contribution < 1.29 is 14.3 Å². The maximum atomic E-state index is 12.2. The molecule has 1 amide bonds. The molecule has 0 radical (unpaired) electrons. The van der Waals surface area contributed by atoms with E-state index in [0.717, 1.165) is 19.3 Å². The first-order valence-corrected chi connectivity index (χ1v) is 8.92. The highest BCUT2D eigenvalue weighted by Gasteiger charge is 2.44. The SMILES string of the molecule is CC(C)(C)OC(=O)N1CCC2(CC1)CC(c1ccc(C#N)cc1)CO2. The minimum absolute atomic E-state index is 0.128. The van der Waals surface area contributed by atoms with Crippen LogP contribution in [0.5, 0.6) is 0 Å². The number of carbonyl (C=O) groups is 1. The van der Waals surface area contributed by atoms with Crippen LogP contribution in [-0.4, -0.2) is 41.9 Å². The van der Waals surface area contributed by atoms with Gasteiger partial charge in [-0.05, 0) is 57.7 Å². The Kier molecular flexibility index (Phi) is 4.75. The van der Waals surface area contributed by atoms with Crippen molar-refractivity contribution in [3.8, 4) is 6.07 Å². The van der Waals surface area contributed by atoms with Crippen LogP contribution in [0.3, 0.4) is 0 Å². The maximum Gasteiger partial charge on any atom is 0.410 e. The van der Waals surface area contributed by atoms with Gasteiger partial charge < -0.3 is 14.4 Å². The highest BCUT2D eigenvalue weighted by atomic mass is 16.6. The van der Waals surface area contributed by atoms with E-state index in [-0.39, 0.29) is 11.7 Å². The number of nitriles is 1. The molecule has 134 valence electrons. The van der Waals surface area contributed by atoms with Gasteiger partial charge >= 0.3 is 6.09 Å². The van der Waals surface area contributed by atoms with Crippen molar-refractivity contribution in [1.82, 2.24) is 4.90 Å². The molecule has 0 N–H and O–H groups in total. The number of hydrogen-bond acceptors (Lipinski definition) is 4. The summed E-state index contributed by atoms with van der Waals surface area (Å²) in [6.45, 7) is 7.72. The average molecular weight is 342 g/mol. The van der Waals surface area contributed by atoms with Crippen molar-refractivity contribution in [2.45, 2.75) is 57.2 Å². The Morgan fingerprint density at radius 3 is 2.48 bits per heavy atom. The molecule has 1 spiro atoms. The number of ether oxygens (including phenoxy) is 2. The molecule has 0 aliphatic carbocycles. The topological polar surface area (TPSA) is 62.6 Å². The summed E-state index contributed by atoms with van der Waals surface area (Å²) < 4.78 is 11.7. The highest BCUT2D eigenvalue weighted by molar-refractivity contribution is 5.68. The molecule has 1 atom stereocenters. The molecule has 5 heteroatoms. The number of benzene rings is 1. The Hall–Kier alpha value is -2.06. The summed E-state index contributed by atoms with van der Waals surface area (Å²) in [6, 6.07) is 9.94. The van der Waals surface area contributed by atoms with Gasteiger partial charge in [-0.3, -0.25) is 0 Å². The van der Waals surface area contributed by atoms with Crippen molar-refractivity contribution in [1.29, 1.82) is 5.26 Å². The smallest absolute Gasteiger partial charge is 0.410 e. The van der Waals surface area contributed by atoms with E-state index in [9.17, 15) is 4.79 Å². The fraction of sp³-hybridized carbons (Fsp3) is 0.600. The van der Waals surface area contributed by atoms with Gasteiger partial charge in [-0.25, -0.2) is 4.79 Å². The predicted molar refractivity (Wildman–Crippen MR) is 94.2 cm³/mol. The van der Waals surface area contributed by atoms with Crippen molar-refractivity contribution >= 4 is 6.09 Å². The van der Waals surface area contributed by atoms with E-state index in [1.54, 1.807) is 4.90 Å². The molecular weight excluding hydrogens is 316 g/mol. The summed E-state index contributed by atoms with van der Waals surface area (Å²) in [6.07, 6.45) is 2.43. The van der Waals surface area contributed by atoms with E-state index in [4.69, 9.17) is 14.7 Å². The van der Waals surface area contributed by atoms with E-state index in [1.807, 2.05) is 45.0 Å². The van der Waals surface area contributed by atoms with Gasteiger partial charge in [-0.2, -0.15) is 5.26 Å². The Labute approximate surface area is 149 Å².